The SMILES string of the molecule is CCS(=O)(=O)c1ccc(CNc2ncnc(Cl)c2NC)cc1. The van der Waals surface area contributed by atoms with Crippen LogP contribution in [-0.2, 0) is 16.4 Å². The second kappa shape index (κ2) is 6.93. The van der Waals surface area contributed by atoms with Crippen LogP contribution in [0.25, 0.3) is 0 Å². The molecule has 0 saturated heterocycles. The van der Waals surface area contributed by atoms with Gasteiger partial charge in [-0.25, -0.2) is 18.4 Å². The van der Waals surface area contributed by atoms with Gasteiger partial charge in [-0.15, -0.1) is 0 Å². The highest BCUT2D eigenvalue weighted by molar-refractivity contribution is 7.91. The quantitative estimate of drug-likeness (QED) is 0.786. The summed E-state index contributed by atoms with van der Waals surface area (Å²) in [6, 6.07) is 6.78. The van der Waals surface area contributed by atoms with Crippen molar-refractivity contribution < 1.29 is 8.42 Å². The molecule has 118 valence electrons. The fraction of sp³-hybridized carbons (Fsp3) is 0.286. The maximum absolute atomic E-state index is 11.8. The van der Waals surface area contributed by atoms with Crippen LogP contribution in [0.5, 0.6) is 0 Å². The summed E-state index contributed by atoms with van der Waals surface area (Å²) >= 11 is 5.98. The van der Waals surface area contributed by atoms with Gasteiger partial charge in [0.2, 0.25) is 0 Å². The minimum atomic E-state index is -3.17. The maximum atomic E-state index is 11.8. The molecule has 0 amide bonds. The van der Waals surface area contributed by atoms with Gasteiger partial charge in [0.25, 0.3) is 0 Å². The average Bonchev–Trinajstić information content (AvgIpc) is 2.53. The third-order valence-corrected chi connectivity index (χ3v) is 5.21. The molecule has 0 bridgehead atoms. The van der Waals surface area contributed by atoms with Crippen LogP contribution in [0.4, 0.5) is 11.5 Å². The first-order chi connectivity index (χ1) is 10.5. The van der Waals surface area contributed by atoms with Crippen LogP contribution in [-0.4, -0.2) is 31.2 Å². The third-order valence-electron chi connectivity index (χ3n) is 3.17. The van der Waals surface area contributed by atoms with Gasteiger partial charge in [0, 0.05) is 13.6 Å². The molecule has 0 aliphatic heterocycles. The van der Waals surface area contributed by atoms with Gasteiger partial charge in [-0.2, -0.15) is 0 Å². The van der Waals surface area contributed by atoms with Crippen LogP contribution < -0.4 is 10.6 Å². The highest BCUT2D eigenvalue weighted by Crippen LogP contribution is 2.25. The van der Waals surface area contributed by atoms with Crippen molar-refractivity contribution in [3.8, 4) is 0 Å². The number of anilines is 2. The summed E-state index contributed by atoms with van der Waals surface area (Å²) < 4.78 is 23.5. The molecule has 6 nitrogen and oxygen atoms in total. The van der Waals surface area contributed by atoms with Gasteiger partial charge in [-0.05, 0) is 17.7 Å². The Bertz CT molecular complexity index is 748. The third kappa shape index (κ3) is 3.66. The number of rotatable bonds is 6. The van der Waals surface area contributed by atoms with E-state index < -0.39 is 9.84 Å². The monoisotopic (exact) mass is 340 g/mol. The lowest BCUT2D eigenvalue weighted by atomic mass is 10.2. The summed E-state index contributed by atoms with van der Waals surface area (Å²) in [5.41, 5.74) is 1.56. The van der Waals surface area contributed by atoms with Crippen molar-refractivity contribution in [2.45, 2.75) is 18.4 Å². The predicted molar refractivity (Wildman–Crippen MR) is 88.1 cm³/mol. The Labute approximate surface area is 134 Å². The lowest BCUT2D eigenvalue weighted by Gasteiger charge is -2.11. The molecule has 22 heavy (non-hydrogen) atoms. The summed E-state index contributed by atoms with van der Waals surface area (Å²) in [6.45, 7) is 2.12. The number of nitrogens with zero attached hydrogens (tertiary/aromatic N) is 2. The number of nitrogens with one attached hydrogen (secondary N) is 2. The molecule has 0 unspecified atom stereocenters. The van der Waals surface area contributed by atoms with Crippen molar-refractivity contribution in [3.63, 3.8) is 0 Å². The first-order valence-electron chi connectivity index (χ1n) is 6.71. The van der Waals surface area contributed by atoms with E-state index in [1.807, 2.05) is 0 Å². The Kier molecular flexibility index (Phi) is 5.20. The van der Waals surface area contributed by atoms with Crippen molar-refractivity contribution in [1.29, 1.82) is 0 Å². The zero-order chi connectivity index (χ0) is 16.2. The van der Waals surface area contributed by atoms with Crippen LogP contribution in [0.1, 0.15) is 12.5 Å². The molecule has 2 rings (SSSR count). The number of halogens is 1. The molecular weight excluding hydrogens is 324 g/mol. The number of benzene rings is 1. The molecule has 1 aromatic carbocycles. The first-order valence-corrected chi connectivity index (χ1v) is 8.74. The van der Waals surface area contributed by atoms with E-state index in [1.54, 1.807) is 38.2 Å². The van der Waals surface area contributed by atoms with Gasteiger partial charge in [-0.1, -0.05) is 30.7 Å². The molecule has 1 aromatic heterocycles. The molecule has 0 saturated carbocycles. The summed E-state index contributed by atoms with van der Waals surface area (Å²) in [5.74, 6) is 0.683. The van der Waals surface area contributed by atoms with Gasteiger partial charge in [-0.3, -0.25) is 0 Å². The minimum Gasteiger partial charge on any atom is -0.383 e. The van der Waals surface area contributed by atoms with Crippen LogP contribution in [0.3, 0.4) is 0 Å². The normalized spacial score (nSPS) is 11.2. The first kappa shape index (κ1) is 16.5. The van der Waals surface area contributed by atoms with Gasteiger partial charge in [0.05, 0.1) is 10.6 Å². The average molecular weight is 341 g/mol. The number of hydrogen-bond donors (Lipinski definition) is 2. The minimum absolute atomic E-state index is 0.0928. The van der Waals surface area contributed by atoms with E-state index in [-0.39, 0.29) is 5.75 Å². The summed E-state index contributed by atoms with van der Waals surface area (Å²) in [5, 5.41) is 6.42. The predicted octanol–water partition coefficient (Wildman–Crippen LogP) is 2.58. The smallest absolute Gasteiger partial charge is 0.178 e. The van der Waals surface area contributed by atoms with Gasteiger partial charge in [0.1, 0.15) is 12.0 Å². The molecule has 2 N–H and O–H groups in total. The van der Waals surface area contributed by atoms with Crippen LogP contribution in [0, 0.1) is 0 Å². The van der Waals surface area contributed by atoms with Gasteiger partial charge >= 0.3 is 0 Å². The van der Waals surface area contributed by atoms with Crippen molar-refractivity contribution in [2.24, 2.45) is 0 Å². The Balaban J connectivity index is 2.12. The molecule has 0 fully saturated rings. The van der Waals surface area contributed by atoms with Gasteiger partial charge in [0.15, 0.2) is 20.8 Å². The Morgan fingerprint density at radius 2 is 1.86 bits per heavy atom. The molecule has 0 aliphatic carbocycles. The van der Waals surface area contributed by atoms with Crippen molar-refractivity contribution in [2.75, 3.05) is 23.4 Å². The number of sulfone groups is 1. The lowest BCUT2D eigenvalue weighted by Crippen LogP contribution is -2.07. The van der Waals surface area contributed by atoms with Crippen molar-refractivity contribution in [1.82, 2.24) is 9.97 Å². The summed E-state index contributed by atoms with van der Waals surface area (Å²) in [7, 11) is -1.43. The van der Waals surface area contributed by atoms with Crippen LogP contribution in [0.15, 0.2) is 35.5 Å². The second-order valence-electron chi connectivity index (χ2n) is 4.54. The maximum Gasteiger partial charge on any atom is 0.178 e. The van der Waals surface area contributed by atoms with Crippen LogP contribution in [0.2, 0.25) is 5.15 Å². The highest BCUT2D eigenvalue weighted by atomic mass is 35.5. The van der Waals surface area contributed by atoms with E-state index in [2.05, 4.69) is 20.6 Å². The van der Waals surface area contributed by atoms with E-state index in [4.69, 9.17) is 11.6 Å². The van der Waals surface area contributed by atoms with E-state index in [1.165, 1.54) is 6.33 Å². The summed E-state index contributed by atoms with van der Waals surface area (Å²) in [4.78, 5) is 8.36. The Morgan fingerprint density at radius 1 is 1.18 bits per heavy atom. The molecule has 0 spiro atoms. The molecular formula is C14H17ClN4O2S. The second-order valence-corrected chi connectivity index (χ2v) is 7.18. The van der Waals surface area contributed by atoms with Crippen LogP contribution >= 0.6 is 11.6 Å². The lowest BCUT2D eigenvalue weighted by molar-refractivity contribution is 0.597. The zero-order valence-corrected chi connectivity index (χ0v) is 13.9. The topological polar surface area (TPSA) is 84.0 Å². The fourth-order valence-electron chi connectivity index (χ4n) is 1.89. The summed E-state index contributed by atoms with van der Waals surface area (Å²) in [6.07, 6.45) is 1.38. The zero-order valence-electron chi connectivity index (χ0n) is 12.3. The highest BCUT2D eigenvalue weighted by Gasteiger charge is 2.11. The molecule has 0 aliphatic rings. The molecule has 1 heterocycles. The van der Waals surface area contributed by atoms with Crippen molar-refractivity contribution in [3.05, 3.63) is 41.3 Å². The Hall–Kier alpha value is -1.86. The van der Waals surface area contributed by atoms with E-state index >= 15 is 0 Å². The molecule has 0 radical (unpaired) electrons. The fourth-order valence-corrected chi connectivity index (χ4v) is 3.00. The molecule has 2 aromatic rings. The Morgan fingerprint density at radius 3 is 2.45 bits per heavy atom. The van der Waals surface area contributed by atoms with E-state index in [9.17, 15) is 8.42 Å². The van der Waals surface area contributed by atoms with E-state index in [0.29, 0.717) is 28.1 Å². The molecule has 0 atom stereocenters. The largest absolute Gasteiger partial charge is 0.383 e. The standard InChI is InChI=1S/C14H17ClN4O2S/c1-3-22(20,21)11-6-4-10(5-7-11)8-17-14-12(16-2)13(15)18-9-19-14/h4-7,9,16H,3,8H2,1-2H3,(H,17,18,19). The van der Waals surface area contributed by atoms with Crippen molar-refractivity contribution >= 4 is 32.9 Å². The number of aromatic nitrogens is 2. The van der Waals surface area contributed by atoms with E-state index in [0.717, 1.165) is 5.56 Å². The number of hydrogen-bond acceptors (Lipinski definition) is 6. The molecule has 8 heteroatoms. The van der Waals surface area contributed by atoms with Gasteiger partial charge < -0.3 is 10.6 Å².